The van der Waals surface area contributed by atoms with Crippen LogP contribution >= 0.6 is 0 Å². The molecule has 138 valence electrons. The van der Waals surface area contributed by atoms with Crippen LogP contribution in [0.15, 0.2) is 24.3 Å². The van der Waals surface area contributed by atoms with Gasteiger partial charge in [0, 0.05) is 24.4 Å². The van der Waals surface area contributed by atoms with Gasteiger partial charge >= 0.3 is 0 Å². The number of anilines is 1. The van der Waals surface area contributed by atoms with Crippen molar-refractivity contribution in [2.45, 2.75) is 32.5 Å². The quantitative estimate of drug-likeness (QED) is 0.822. The summed E-state index contributed by atoms with van der Waals surface area (Å²) in [4.78, 5) is 10.7. The number of piperidine rings is 1. The number of hydrogen-bond donors (Lipinski definition) is 2. The molecule has 1 saturated heterocycles. The van der Waals surface area contributed by atoms with Gasteiger partial charge in [0.25, 0.3) is 0 Å². The Balaban J connectivity index is 1.98. The molecule has 3 N–H and O–H groups in total. The van der Waals surface area contributed by atoms with Gasteiger partial charge in [0.05, 0.1) is 5.56 Å². The van der Waals surface area contributed by atoms with E-state index < -0.39 is 12.3 Å². The van der Waals surface area contributed by atoms with Crippen LogP contribution in [0.25, 0.3) is 11.4 Å². The standard InChI is InChI=1S/C19H24FN5O/c1-11-4-6-13(7-5-11)18-23-17(22)16(12(2)21)19(24-18)26-15-8-9-25(3)10-14(15)20/h4-7,14-15,21H,8-10H2,1-3H3,(H2,22,23,24)/t14-,15+/m0/s1. The molecule has 1 aliphatic heterocycles. The fraction of sp³-hybridized carbons (Fsp3) is 0.421. The van der Waals surface area contributed by atoms with E-state index in [4.69, 9.17) is 15.9 Å². The smallest absolute Gasteiger partial charge is 0.228 e. The van der Waals surface area contributed by atoms with Crippen molar-refractivity contribution in [3.05, 3.63) is 35.4 Å². The molecule has 7 heteroatoms. The summed E-state index contributed by atoms with van der Waals surface area (Å²) >= 11 is 0. The maximum absolute atomic E-state index is 14.4. The lowest BCUT2D eigenvalue weighted by Gasteiger charge is -2.32. The van der Waals surface area contributed by atoms with Crippen LogP contribution in [0, 0.1) is 12.3 Å². The Morgan fingerprint density at radius 2 is 2.00 bits per heavy atom. The summed E-state index contributed by atoms with van der Waals surface area (Å²) in [6.45, 7) is 4.65. The van der Waals surface area contributed by atoms with Gasteiger partial charge in [-0.15, -0.1) is 0 Å². The van der Waals surface area contributed by atoms with Gasteiger partial charge < -0.3 is 20.8 Å². The summed E-state index contributed by atoms with van der Waals surface area (Å²) < 4.78 is 20.3. The summed E-state index contributed by atoms with van der Waals surface area (Å²) in [5.74, 6) is 0.755. The van der Waals surface area contributed by atoms with Gasteiger partial charge in [0.15, 0.2) is 5.82 Å². The van der Waals surface area contributed by atoms with Gasteiger partial charge in [0.1, 0.15) is 18.1 Å². The predicted octanol–water partition coefficient (Wildman–Crippen LogP) is 2.84. The van der Waals surface area contributed by atoms with Crippen molar-refractivity contribution < 1.29 is 9.13 Å². The minimum absolute atomic E-state index is 0.168. The molecule has 1 fully saturated rings. The van der Waals surface area contributed by atoms with Crippen molar-refractivity contribution in [2.75, 3.05) is 25.9 Å². The molecule has 0 amide bonds. The summed E-state index contributed by atoms with van der Waals surface area (Å²) in [7, 11) is 1.88. The number of nitrogen functional groups attached to an aromatic ring is 1. The fourth-order valence-corrected chi connectivity index (χ4v) is 3.04. The second-order valence-corrected chi connectivity index (χ2v) is 6.83. The van der Waals surface area contributed by atoms with Crippen LogP contribution in [-0.2, 0) is 0 Å². The molecule has 0 spiro atoms. The molecule has 2 heterocycles. The van der Waals surface area contributed by atoms with Crippen LogP contribution < -0.4 is 10.5 Å². The number of benzene rings is 1. The number of nitrogens with two attached hydrogens (primary N) is 1. The minimum Gasteiger partial charge on any atom is -0.471 e. The average Bonchev–Trinajstić information content (AvgIpc) is 2.57. The SMILES string of the molecule is CC(=N)c1c(N)nc(-c2ccc(C)cc2)nc1O[C@@H]1CCN(C)C[C@@H]1F. The molecule has 26 heavy (non-hydrogen) atoms. The lowest BCUT2D eigenvalue weighted by atomic mass is 10.1. The molecule has 0 aliphatic carbocycles. The van der Waals surface area contributed by atoms with E-state index in [-0.39, 0.29) is 17.4 Å². The number of hydrogen-bond acceptors (Lipinski definition) is 6. The van der Waals surface area contributed by atoms with Crippen LogP contribution in [0.4, 0.5) is 10.2 Å². The summed E-state index contributed by atoms with van der Waals surface area (Å²) in [5, 5.41) is 7.98. The maximum Gasteiger partial charge on any atom is 0.228 e. The number of likely N-dealkylation sites (tertiary alicyclic amines) is 1. The van der Waals surface area contributed by atoms with Crippen molar-refractivity contribution >= 4 is 11.5 Å². The van der Waals surface area contributed by atoms with Crippen molar-refractivity contribution in [2.24, 2.45) is 0 Å². The molecule has 1 aromatic heterocycles. The van der Waals surface area contributed by atoms with E-state index >= 15 is 0 Å². The molecule has 2 aromatic rings. The molecule has 0 unspecified atom stereocenters. The molecule has 2 atom stereocenters. The third kappa shape index (κ3) is 3.83. The van der Waals surface area contributed by atoms with Crippen LogP contribution in [0.3, 0.4) is 0 Å². The number of nitrogens with one attached hydrogen (secondary N) is 1. The van der Waals surface area contributed by atoms with Gasteiger partial charge in [-0.1, -0.05) is 29.8 Å². The maximum atomic E-state index is 14.4. The third-order valence-electron chi connectivity index (χ3n) is 4.54. The molecule has 3 rings (SSSR count). The molecule has 1 aromatic carbocycles. The minimum atomic E-state index is -1.12. The van der Waals surface area contributed by atoms with Crippen molar-refractivity contribution in [3.8, 4) is 17.3 Å². The van der Waals surface area contributed by atoms with Gasteiger partial charge in [-0.05, 0) is 27.3 Å². The van der Waals surface area contributed by atoms with E-state index in [1.165, 1.54) is 0 Å². The van der Waals surface area contributed by atoms with Crippen LogP contribution in [0.5, 0.6) is 5.88 Å². The van der Waals surface area contributed by atoms with E-state index in [1.54, 1.807) is 6.92 Å². The molecule has 1 aliphatic rings. The van der Waals surface area contributed by atoms with E-state index in [0.29, 0.717) is 24.4 Å². The number of alkyl halides is 1. The second kappa shape index (κ2) is 7.37. The average molecular weight is 357 g/mol. The fourth-order valence-electron chi connectivity index (χ4n) is 3.04. The Labute approximate surface area is 152 Å². The molecule has 0 bridgehead atoms. The Hall–Kier alpha value is -2.54. The largest absolute Gasteiger partial charge is 0.471 e. The number of ether oxygens (including phenoxy) is 1. The first kappa shape index (κ1) is 18.3. The lowest BCUT2D eigenvalue weighted by Crippen LogP contribution is -2.45. The Morgan fingerprint density at radius 3 is 2.62 bits per heavy atom. The molecule has 6 nitrogen and oxygen atoms in total. The first-order valence-electron chi connectivity index (χ1n) is 8.64. The Morgan fingerprint density at radius 1 is 1.31 bits per heavy atom. The Bertz CT molecular complexity index is 808. The first-order valence-corrected chi connectivity index (χ1v) is 8.64. The molecular formula is C19H24FN5O. The molecular weight excluding hydrogens is 333 g/mol. The number of halogens is 1. The first-order chi connectivity index (χ1) is 12.3. The zero-order valence-electron chi connectivity index (χ0n) is 15.3. The monoisotopic (exact) mass is 357 g/mol. The van der Waals surface area contributed by atoms with Crippen LogP contribution in [0.1, 0.15) is 24.5 Å². The third-order valence-corrected chi connectivity index (χ3v) is 4.54. The van der Waals surface area contributed by atoms with Gasteiger partial charge in [-0.3, -0.25) is 0 Å². The Kier molecular flexibility index (Phi) is 5.18. The molecule has 0 saturated carbocycles. The highest BCUT2D eigenvalue weighted by Gasteiger charge is 2.31. The van der Waals surface area contributed by atoms with Gasteiger partial charge in [0.2, 0.25) is 5.88 Å². The predicted molar refractivity (Wildman–Crippen MR) is 101 cm³/mol. The van der Waals surface area contributed by atoms with E-state index in [0.717, 1.165) is 17.7 Å². The number of aromatic nitrogens is 2. The van der Waals surface area contributed by atoms with Crippen LogP contribution in [0.2, 0.25) is 0 Å². The van der Waals surface area contributed by atoms with E-state index in [1.807, 2.05) is 43.1 Å². The zero-order valence-corrected chi connectivity index (χ0v) is 15.3. The highest BCUT2D eigenvalue weighted by Crippen LogP contribution is 2.29. The number of aryl methyl sites for hydroxylation is 1. The van der Waals surface area contributed by atoms with E-state index in [9.17, 15) is 4.39 Å². The molecule has 0 radical (unpaired) electrons. The van der Waals surface area contributed by atoms with Crippen LogP contribution in [-0.4, -0.2) is 53.0 Å². The van der Waals surface area contributed by atoms with Gasteiger partial charge in [-0.25, -0.2) is 9.37 Å². The summed E-state index contributed by atoms with van der Waals surface area (Å²) in [6, 6.07) is 7.72. The van der Waals surface area contributed by atoms with Crippen molar-refractivity contribution in [3.63, 3.8) is 0 Å². The van der Waals surface area contributed by atoms with Crippen molar-refractivity contribution in [1.29, 1.82) is 5.41 Å². The number of rotatable bonds is 4. The second-order valence-electron chi connectivity index (χ2n) is 6.83. The van der Waals surface area contributed by atoms with Crippen molar-refractivity contribution in [1.82, 2.24) is 14.9 Å². The highest BCUT2D eigenvalue weighted by atomic mass is 19.1. The zero-order chi connectivity index (χ0) is 18.8. The van der Waals surface area contributed by atoms with E-state index in [2.05, 4.69) is 9.97 Å². The normalized spacial score (nSPS) is 20.8. The topological polar surface area (TPSA) is 88.1 Å². The summed E-state index contributed by atoms with van der Waals surface area (Å²) in [6.07, 6.45) is -1.17. The highest BCUT2D eigenvalue weighted by molar-refractivity contribution is 6.02. The summed E-state index contributed by atoms with van der Waals surface area (Å²) in [5.41, 5.74) is 8.51. The van der Waals surface area contributed by atoms with Gasteiger partial charge in [-0.2, -0.15) is 4.98 Å². The lowest BCUT2D eigenvalue weighted by molar-refractivity contribution is 0.0286. The number of nitrogens with zero attached hydrogens (tertiary/aromatic N) is 3.